The minimum Gasteiger partial charge on any atom is -0.454 e. The maximum absolute atomic E-state index is 5.47. The van der Waals surface area contributed by atoms with Crippen molar-refractivity contribution in [2.24, 2.45) is 5.92 Å². The van der Waals surface area contributed by atoms with Crippen LogP contribution in [0.25, 0.3) is 0 Å². The predicted octanol–water partition coefficient (Wildman–Crippen LogP) is 3.85. The fourth-order valence-corrected chi connectivity index (χ4v) is 3.52. The zero-order valence-electron chi connectivity index (χ0n) is 12.6. The van der Waals surface area contributed by atoms with E-state index < -0.39 is 0 Å². The van der Waals surface area contributed by atoms with Crippen molar-refractivity contribution in [2.45, 2.75) is 33.2 Å². The minimum atomic E-state index is 0.341. The standard InChI is InChI=1S/C16H25NO2S/c1-4-17-14(10-20-8-7-12(2)3)13-5-6-15-16(9-13)19-11-18-15/h5-6,9,12,14,17H,4,7-8,10-11H2,1-3H3. The quantitative estimate of drug-likeness (QED) is 0.738. The van der Waals surface area contributed by atoms with Crippen molar-refractivity contribution < 1.29 is 9.47 Å². The van der Waals surface area contributed by atoms with Crippen LogP contribution in [-0.2, 0) is 0 Å². The molecule has 0 radical (unpaired) electrons. The highest BCUT2D eigenvalue weighted by Gasteiger charge is 2.17. The molecule has 1 aliphatic rings. The highest BCUT2D eigenvalue weighted by Crippen LogP contribution is 2.34. The van der Waals surface area contributed by atoms with Gasteiger partial charge in [-0.2, -0.15) is 11.8 Å². The number of rotatable bonds is 8. The Hall–Kier alpha value is -0.870. The molecule has 2 rings (SSSR count). The first-order chi connectivity index (χ1) is 9.70. The third-order valence-electron chi connectivity index (χ3n) is 3.37. The first kappa shape index (κ1) is 15.5. The Bertz CT molecular complexity index is 423. The second-order valence-corrected chi connectivity index (χ2v) is 6.63. The molecule has 0 amide bonds. The number of nitrogens with one attached hydrogen (secondary N) is 1. The molecule has 1 aromatic carbocycles. The van der Waals surface area contributed by atoms with E-state index in [0.29, 0.717) is 12.8 Å². The van der Waals surface area contributed by atoms with Gasteiger partial charge in [-0.25, -0.2) is 0 Å². The van der Waals surface area contributed by atoms with Crippen LogP contribution >= 0.6 is 11.8 Å². The topological polar surface area (TPSA) is 30.5 Å². The summed E-state index contributed by atoms with van der Waals surface area (Å²) < 4.78 is 10.8. The predicted molar refractivity (Wildman–Crippen MR) is 85.8 cm³/mol. The molecule has 0 aliphatic carbocycles. The number of hydrogen-bond donors (Lipinski definition) is 1. The van der Waals surface area contributed by atoms with Gasteiger partial charge in [0.2, 0.25) is 6.79 Å². The van der Waals surface area contributed by atoms with Gasteiger partial charge in [-0.15, -0.1) is 0 Å². The number of fused-ring (bicyclic) bond motifs is 1. The van der Waals surface area contributed by atoms with Gasteiger partial charge in [-0.05, 0) is 42.3 Å². The lowest BCUT2D eigenvalue weighted by Gasteiger charge is -2.18. The van der Waals surface area contributed by atoms with E-state index in [1.54, 1.807) is 0 Å². The van der Waals surface area contributed by atoms with E-state index in [4.69, 9.17) is 9.47 Å². The molecule has 0 saturated heterocycles. The van der Waals surface area contributed by atoms with E-state index in [1.807, 2.05) is 17.8 Å². The highest BCUT2D eigenvalue weighted by molar-refractivity contribution is 7.99. The Morgan fingerprint density at radius 1 is 1.25 bits per heavy atom. The van der Waals surface area contributed by atoms with Crippen molar-refractivity contribution in [3.8, 4) is 11.5 Å². The monoisotopic (exact) mass is 295 g/mol. The molecule has 0 bridgehead atoms. The Morgan fingerprint density at radius 2 is 2.05 bits per heavy atom. The van der Waals surface area contributed by atoms with Gasteiger partial charge in [-0.3, -0.25) is 0 Å². The maximum atomic E-state index is 5.47. The molecular formula is C16H25NO2S. The molecule has 1 unspecified atom stereocenters. The summed E-state index contributed by atoms with van der Waals surface area (Å²) in [4.78, 5) is 0. The zero-order chi connectivity index (χ0) is 14.4. The van der Waals surface area contributed by atoms with Gasteiger partial charge in [0, 0.05) is 11.8 Å². The Morgan fingerprint density at radius 3 is 2.80 bits per heavy atom. The lowest BCUT2D eigenvalue weighted by molar-refractivity contribution is 0.174. The van der Waals surface area contributed by atoms with Gasteiger partial charge in [0.1, 0.15) is 0 Å². The van der Waals surface area contributed by atoms with Crippen LogP contribution in [-0.4, -0.2) is 24.8 Å². The second-order valence-electron chi connectivity index (χ2n) is 5.48. The van der Waals surface area contributed by atoms with Gasteiger partial charge in [0.15, 0.2) is 11.5 Å². The fourth-order valence-electron chi connectivity index (χ4n) is 2.17. The van der Waals surface area contributed by atoms with Crippen LogP contribution < -0.4 is 14.8 Å². The molecule has 20 heavy (non-hydrogen) atoms. The van der Waals surface area contributed by atoms with E-state index in [0.717, 1.165) is 29.7 Å². The smallest absolute Gasteiger partial charge is 0.231 e. The van der Waals surface area contributed by atoms with Crippen molar-refractivity contribution >= 4 is 11.8 Å². The van der Waals surface area contributed by atoms with Crippen LogP contribution in [0.5, 0.6) is 11.5 Å². The largest absolute Gasteiger partial charge is 0.454 e. The third-order valence-corrected chi connectivity index (χ3v) is 4.47. The number of hydrogen-bond acceptors (Lipinski definition) is 4. The first-order valence-electron chi connectivity index (χ1n) is 7.41. The SMILES string of the molecule is CCNC(CSCCC(C)C)c1ccc2c(c1)OCO2. The van der Waals surface area contributed by atoms with Crippen LogP contribution in [0.1, 0.15) is 38.8 Å². The van der Waals surface area contributed by atoms with Crippen LogP contribution in [0.2, 0.25) is 0 Å². The molecular weight excluding hydrogens is 270 g/mol. The van der Waals surface area contributed by atoms with E-state index in [2.05, 4.69) is 38.2 Å². The van der Waals surface area contributed by atoms with Gasteiger partial charge < -0.3 is 14.8 Å². The fraction of sp³-hybridized carbons (Fsp3) is 0.625. The Labute approximate surface area is 126 Å². The Kier molecular flexibility index (Phi) is 6.05. The first-order valence-corrected chi connectivity index (χ1v) is 8.56. The van der Waals surface area contributed by atoms with E-state index in [9.17, 15) is 0 Å². The van der Waals surface area contributed by atoms with Gasteiger partial charge in [0.25, 0.3) is 0 Å². The van der Waals surface area contributed by atoms with Crippen LogP contribution in [0.15, 0.2) is 18.2 Å². The summed E-state index contributed by atoms with van der Waals surface area (Å²) in [6.45, 7) is 8.02. The molecule has 112 valence electrons. The lowest BCUT2D eigenvalue weighted by Crippen LogP contribution is -2.23. The van der Waals surface area contributed by atoms with Gasteiger partial charge in [-0.1, -0.05) is 26.8 Å². The number of benzene rings is 1. The molecule has 4 heteroatoms. The lowest BCUT2D eigenvalue weighted by atomic mass is 10.1. The molecule has 0 spiro atoms. The Balaban J connectivity index is 1.93. The zero-order valence-corrected chi connectivity index (χ0v) is 13.5. The maximum Gasteiger partial charge on any atom is 0.231 e. The minimum absolute atomic E-state index is 0.341. The molecule has 0 aromatic heterocycles. The summed E-state index contributed by atoms with van der Waals surface area (Å²) in [5.41, 5.74) is 1.29. The van der Waals surface area contributed by atoms with Crippen molar-refractivity contribution in [1.82, 2.24) is 5.32 Å². The molecule has 3 nitrogen and oxygen atoms in total. The molecule has 1 atom stereocenters. The van der Waals surface area contributed by atoms with Crippen molar-refractivity contribution in [1.29, 1.82) is 0 Å². The number of ether oxygens (including phenoxy) is 2. The average Bonchev–Trinajstić information content (AvgIpc) is 2.89. The second kappa shape index (κ2) is 7.79. The third kappa shape index (κ3) is 4.32. The van der Waals surface area contributed by atoms with Crippen LogP contribution in [0.4, 0.5) is 0 Å². The molecule has 1 aromatic rings. The molecule has 0 saturated carbocycles. The molecule has 0 fully saturated rings. The van der Waals surface area contributed by atoms with Crippen molar-refractivity contribution in [2.75, 3.05) is 24.8 Å². The summed E-state index contributed by atoms with van der Waals surface area (Å²) >= 11 is 2.02. The summed E-state index contributed by atoms with van der Waals surface area (Å²) in [6, 6.07) is 6.65. The molecule has 1 aliphatic heterocycles. The average molecular weight is 295 g/mol. The van der Waals surface area contributed by atoms with Crippen LogP contribution in [0.3, 0.4) is 0 Å². The molecule has 1 N–H and O–H groups in total. The normalized spacial score (nSPS) is 14.8. The van der Waals surface area contributed by atoms with Crippen molar-refractivity contribution in [3.05, 3.63) is 23.8 Å². The number of thioether (sulfide) groups is 1. The van der Waals surface area contributed by atoms with E-state index in [-0.39, 0.29) is 0 Å². The van der Waals surface area contributed by atoms with Crippen LogP contribution in [0, 0.1) is 5.92 Å². The summed E-state index contributed by atoms with van der Waals surface area (Å²) in [5, 5.41) is 3.56. The van der Waals surface area contributed by atoms with Gasteiger partial charge in [0.05, 0.1) is 0 Å². The van der Waals surface area contributed by atoms with E-state index >= 15 is 0 Å². The van der Waals surface area contributed by atoms with Crippen molar-refractivity contribution in [3.63, 3.8) is 0 Å². The highest BCUT2D eigenvalue weighted by atomic mass is 32.2. The van der Waals surface area contributed by atoms with E-state index in [1.165, 1.54) is 17.7 Å². The summed E-state index contributed by atoms with van der Waals surface area (Å²) in [7, 11) is 0. The molecule has 1 heterocycles. The summed E-state index contributed by atoms with van der Waals surface area (Å²) in [5.74, 6) is 4.84. The summed E-state index contributed by atoms with van der Waals surface area (Å²) in [6.07, 6.45) is 1.28. The van der Waals surface area contributed by atoms with Gasteiger partial charge >= 0.3 is 0 Å².